The van der Waals surface area contributed by atoms with Gasteiger partial charge in [0.15, 0.2) is 0 Å². The van der Waals surface area contributed by atoms with Crippen molar-refractivity contribution < 1.29 is 19.1 Å². The molecule has 7 nitrogen and oxygen atoms in total. The van der Waals surface area contributed by atoms with Crippen LogP contribution in [0.4, 0.5) is 4.79 Å². The third-order valence-corrected chi connectivity index (χ3v) is 3.56. The van der Waals surface area contributed by atoms with Crippen molar-refractivity contribution in [1.29, 1.82) is 0 Å². The van der Waals surface area contributed by atoms with Gasteiger partial charge in [0.25, 0.3) is 5.91 Å². The van der Waals surface area contributed by atoms with Gasteiger partial charge in [-0.25, -0.2) is 9.78 Å². The normalized spacial score (nSPS) is 10.8. The van der Waals surface area contributed by atoms with Crippen molar-refractivity contribution in [2.24, 2.45) is 0 Å². The third-order valence-electron chi connectivity index (χ3n) is 3.56. The number of hydrogen-bond donors (Lipinski definition) is 1. The van der Waals surface area contributed by atoms with Crippen molar-refractivity contribution >= 4 is 33.9 Å². The highest BCUT2D eigenvalue weighted by Crippen LogP contribution is 2.28. The summed E-state index contributed by atoms with van der Waals surface area (Å²) in [6.45, 7) is 1.92. The average Bonchev–Trinajstić information content (AvgIpc) is 2.91. The largest absolute Gasteiger partial charge is 0.515 e. The zero-order chi connectivity index (χ0) is 17.3. The second kappa shape index (κ2) is 6.19. The molecule has 124 valence electrons. The summed E-state index contributed by atoms with van der Waals surface area (Å²) in [7, 11) is 3.41. The highest BCUT2D eigenvalue weighted by Gasteiger charge is 2.13. The molecule has 0 spiro atoms. The first kappa shape index (κ1) is 15.8. The minimum Gasteiger partial charge on any atom is -0.434 e. The minimum atomic E-state index is -0.798. The van der Waals surface area contributed by atoms with Gasteiger partial charge in [-0.05, 0) is 25.1 Å². The number of pyridine rings is 1. The number of benzene rings is 1. The van der Waals surface area contributed by atoms with Gasteiger partial charge in [0, 0.05) is 42.0 Å². The summed E-state index contributed by atoms with van der Waals surface area (Å²) in [4.78, 5) is 32.4. The van der Waals surface area contributed by atoms with Gasteiger partial charge < -0.3 is 19.4 Å². The van der Waals surface area contributed by atoms with Crippen LogP contribution < -0.4 is 4.74 Å². The lowest BCUT2D eigenvalue weighted by Gasteiger charge is -2.09. The van der Waals surface area contributed by atoms with Crippen LogP contribution >= 0.6 is 0 Å². The number of nitrogens with one attached hydrogen (secondary N) is 1. The SMILES string of the molecule is CCOC(=O)Oc1cc2c(cn1)[nH]c1ccc(C(=O)N(C)C)cc12. The number of H-pyrrole nitrogens is 1. The Morgan fingerprint density at radius 3 is 2.62 bits per heavy atom. The van der Waals surface area contributed by atoms with Gasteiger partial charge in [0.1, 0.15) is 0 Å². The lowest BCUT2D eigenvalue weighted by molar-refractivity contribution is 0.0827. The van der Waals surface area contributed by atoms with Crippen LogP contribution in [0.15, 0.2) is 30.5 Å². The first-order chi connectivity index (χ1) is 11.5. The Morgan fingerprint density at radius 1 is 1.17 bits per heavy atom. The summed E-state index contributed by atoms with van der Waals surface area (Å²) >= 11 is 0. The molecule has 7 heteroatoms. The molecule has 1 aromatic carbocycles. The first-order valence-corrected chi connectivity index (χ1v) is 7.47. The molecule has 0 aliphatic carbocycles. The summed E-state index contributed by atoms with van der Waals surface area (Å²) < 4.78 is 9.78. The van der Waals surface area contributed by atoms with Crippen molar-refractivity contribution in [3.05, 3.63) is 36.0 Å². The maximum atomic E-state index is 12.1. The highest BCUT2D eigenvalue weighted by atomic mass is 16.7. The van der Waals surface area contributed by atoms with Gasteiger partial charge in [0.2, 0.25) is 5.88 Å². The first-order valence-electron chi connectivity index (χ1n) is 7.47. The number of ether oxygens (including phenoxy) is 2. The van der Waals surface area contributed by atoms with E-state index in [0.717, 1.165) is 21.8 Å². The standard InChI is InChI=1S/C17H17N3O4/c1-4-23-17(22)24-15-8-12-11-7-10(16(21)20(2)3)5-6-13(11)19-14(12)9-18-15/h5-9,19H,4H2,1-3H3. The van der Waals surface area contributed by atoms with Crippen LogP contribution in [0.3, 0.4) is 0 Å². The molecule has 0 radical (unpaired) electrons. The van der Waals surface area contributed by atoms with Gasteiger partial charge in [-0.3, -0.25) is 4.79 Å². The number of carbonyl (C=O) groups excluding carboxylic acids is 2. The molecule has 3 rings (SSSR count). The van der Waals surface area contributed by atoms with Crippen molar-refractivity contribution in [3.8, 4) is 5.88 Å². The van der Waals surface area contributed by atoms with E-state index in [1.165, 1.54) is 4.90 Å². The number of rotatable bonds is 3. The topological polar surface area (TPSA) is 84.5 Å². The van der Waals surface area contributed by atoms with Crippen LogP contribution in [0.1, 0.15) is 17.3 Å². The number of hydrogen-bond acceptors (Lipinski definition) is 5. The summed E-state index contributed by atoms with van der Waals surface area (Å²) in [6, 6.07) is 7.07. The Labute approximate surface area is 138 Å². The summed E-state index contributed by atoms with van der Waals surface area (Å²) in [5, 5.41) is 1.67. The van der Waals surface area contributed by atoms with Gasteiger partial charge in [-0.1, -0.05) is 0 Å². The van der Waals surface area contributed by atoms with Gasteiger partial charge in [-0.15, -0.1) is 0 Å². The molecule has 1 amide bonds. The number of amides is 1. The summed E-state index contributed by atoms with van der Waals surface area (Å²) in [5.74, 6) is 0.0643. The summed E-state index contributed by atoms with van der Waals surface area (Å²) in [6.07, 6.45) is 0.782. The fourth-order valence-electron chi connectivity index (χ4n) is 2.46. The van der Waals surface area contributed by atoms with E-state index in [4.69, 9.17) is 9.47 Å². The average molecular weight is 327 g/mol. The molecule has 3 aromatic rings. The molecule has 0 saturated heterocycles. The Bertz CT molecular complexity index is 930. The van der Waals surface area contributed by atoms with E-state index in [1.54, 1.807) is 39.3 Å². The molecular weight excluding hydrogens is 310 g/mol. The van der Waals surface area contributed by atoms with E-state index in [2.05, 4.69) is 9.97 Å². The van der Waals surface area contributed by atoms with Crippen molar-refractivity contribution in [1.82, 2.24) is 14.9 Å². The maximum Gasteiger partial charge on any atom is 0.515 e. The molecule has 2 heterocycles. The van der Waals surface area contributed by atoms with Crippen LogP contribution in [0.5, 0.6) is 5.88 Å². The minimum absolute atomic E-state index is 0.0803. The Balaban J connectivity index is 2.06. The number of aromatic amines is 1. The van der Waals surface area contributed by atoms with Gasteiger partial charge in [-0.2, -0.15) is 0 Å². The van der Waals surface area contributed by atoms with E-state index < -0.39 is 6.16 Å². The molecule has 0 fully saturated rings. The lowest BCUT2D eigenvalue weighted by Crippen LogP contribution is -2.21. The zero-order valence-corrected chi connectivity index (χ0v) is 13.6. The van der Waals surface area contributed by atoms with Crippen LogP contribution in [0.2, 0.25) is 0 Å². The van der Waals surface area contributed by atoms with E-state index in [9.17, 15) is 9.59 Å². The molecule has 2 aromatic heterocycles. The van der Waals surface area contributed by atoms with E-state index in [1.807, 2.05) is 12.1 Å². The number of nitrogens with zero attached hydrogens (tertiary/aromatic N) is 2. The smallest absolute Gasteiger partial charge is 0.434 e. The molecule has 0 aliphatic heterocycles. The molecule has 0 aliphatic rings. The molecule has 0 bridgehead atoms. The second-order valence-corrected chi connectivity index (χ2v) is 5.44. The fourth-order valence-corrected chi connectivity index (χ4v) is 2.46. The molecule has 1 N–H and O–H groups in total. The quantitative estimate of drug-likeness (QED) is 0.748. The Morgan fingerprint density at radius 2 is 1.92 bits per heavy atom. The molecule has 0 saturated carbocycles. The number of aromatic nitrogens is 2. The zero-order valence-electron chi connectivity index (χ0n) is 13.6. The monoisotopic (exact) mass is 327 g/mol. The summed E-state index contributed by atoms with van der Waals surface area (Å²) in [5.41, 5.74) is 2.24. The van der Waals surface area contributed by atoms with E-state index >= 15 is 0 Å². The van der Waals surface area contributed by atoms with Crippen molar-refractivity contribution in [3.63, 3.8) is 0 Å². The van der Waals surface area contributed by atoms with Crippen molar-refractivity contribution in [2.45, 2.75) is 6.92 Å². The molecule has 24 heavy (non-hydrogen) atoms. The van der Waals surface area contributed by atoms with Gasteiger partial charge in [0.05, 0.1) is 18.3 Å². The van der Waals surface area contributed by atoms with E-state index in [0.29, 0.717) is 5.56 Å². The molecule has 0 atom stereocenters. The molecule has 0 unspecified atom stereocenters. The van der Waals surface area contributed by atoms with E-state index in [-0.39, 0.29) is 18.4 Å². The number of fused-ring (bicyclic) bond motifs is 3. The van der Waals surface area contributed by atoms with Crippen LogP contribution in [0, 0.1) is 0 Å². The van der Waals surface area contributed by atoms with Crippen LogP contribution in [0.25, 0.3) is 21.8 Å². The highest BCUT2D eigenvalue weighted by molar-refractivity contribution is 6.10. The molecular formula is C17H17N3O4. The third kappa shape index (κ3) is 2.88. The maximum absolute atomic E-state index is 12.1. The Hall–Kier alpha value is -3.09. The van der Waals surface area contributed by atoms with Crippen LogP contribution in [-0.2, 0) is 4.74 Å². The van der Waals surface area contributed by atoms with Gasteiger partial charge >= 0.3 is 6.16 Å². The van der Waals surface area contributed by atoms with Crippen LogP contribution in [-0.4, -0.2) is 47.6 Å². The fraction of sp³-hybridized carbons (Fsp3) is 0.235. The van der Waals surface area contributed by atoms with Crippen molar-refractivity contribution in [2.75, 3.05) is 20.7 Å². The Kier molecular flexibility index (Phi) is 4.07. The predicted octanol–water partition coefficient (Wildman–Crippen LogP) is 2.95. The second-order valence-electron chi connectivity index (χ2n) is 5.44. The predicted molar refractivity (Wildman–Crippen MR) is 89.3 cm³/mol. The lowest BCUT2D eigenvalue weighted by atomic mass is 10.1. The number of carbonyl (C=O) groups is 2.